The molecule has 0 spiro atoms. The third-order valence-corrected chi connectivity index (χ3v) is 5.52. The molecular weight excluding hydrogens is 418 g/mol. The minimum Gasteiger partial charge on any atom is -0.489 e. The average Bonchev–Trinajstić information content (AvgIpc) is 3.17. The third kappa shape index (κ3) is 4.94. The lowest BCUT2D eigenvalue weighted by atomic mass is 10.1. The molecule has 8 heteroatoms. The number of ether oxygens (including phenoxy) is 2. The highest BCUT2D eigenvalue weighted by Crippen LogP contribution is 2.38. The number of anilines is 2. The second-order valence-electron chi connectivity index (χ2n) is 7.49. The molecule has 4 rings (SSSR count). The standard InChI is InChI=1S/C23H24ClN3O4/c24-17-12-15(13-20-22(17)31-11-3-10-30-20)4-7-21(28)26-18-14-16(23(25)29)5-6-19(18)27-8-1-2-9-27/h4-7,12-14H,1-3,8-11H2,(H2,25,29)(H,26,28)/b7-4+. The normalized spacial score (nSPS) is 15.7. The van der Waals surface area contributed by atoms with E-state index in [9.17, 15) is 9.59 Å². The highest BCUT2D eigenvalue weighted by molar-refractivity contribution is 6.32. The van der Waals surface area contributed by atoms with Gasteiger partial charge in [-0.2, -0.15) is 0 Å². The van der Waals surface area contributed by atoms with Crippen LogP contribution in [0.5, 0.6) is 11.5 Å². The van der Waals surface area contributed by atoms with Crippen molar-refractivity contribution in [2.75, 3.05) is 36.5 Å². The van der Waals surface area contributed by atoms with Crippen LogP contribution in [-0.2, 0) is 4.79 Å². The molecule has 162 valence electrons. The summed E-state index contributed by atoms with van der Waals surface area (Å²) in [5.41, 5.74) is 7.92. The minimum absolute atomic E-state index is 0.328. The van der Waals surface area contributed by atoms with E-state index in [1.165, 1.54) is 6.08 Å². The SMILES string of the molecule is NC(=O)c1ccc(N2CCCC2)c(NC(=O)/C=C/c2cc(Cl)c3c(c2)OCCCO3)c1. The van der Waals surface area contributed by atoms with Gasteiger partial charge >= 0.3 is 0 Å². The molecule has 2 aromatic carbocycles. The Hall–Kier alpha value is -3.19. The van der Waals surface area contributed by atoms with Gasteiger partial charge in [-0.3, -0.25) is 9.59 Å². The molecule has 0 saturated carbocycles. The molecular formula is C23H24ClN3O4. The van der Waals surface area contributed by atoms with E-state index in [0.29, 0.717) is 41.0 Å². The highest BCUT2D eigenvalue weighted by Gasteiger charge is 2.18. The number of fused-ring (bicyclic) bond motifs is 1. The van der Waals surface area contributed by atoms with E-state index in [1.54, 1.807) is 30.3 Å². The van der Waals surface area contributed by atoms with Gasteiger partial charge in [-0.15, -0.1) is 0 Å². The van der Waals surface area contributed by atoms with Gasteiger partial charge in [0.1, 0.15) is 0 Å². The third-order valence-electron chi connectivity index (χ3n) is 5.24. The number of nitrogens with two attached hydrogens (primary N) is 1. The van der Waals surface area contributed by atoms with E-state index in [2.05, 4.69) is 10.2 Å². The van der Waals surface area contributed by atoms with Crippen LogP contribution in [0.2, 0.25) is 5.02 Å². The van der Waals surface area contributed by atoms with Crippen molar-refractivity contribution in [2.45, 2.75) is 19.3 Å². The number of carbonyl (C=O) groups is 2. The van der Waals surface area contributed by atoms with E-state index < -0.39 is 5.91 Å². The topological polar surface area (TPSA) is 93.9 Å². The summed E-state index contributed by atoms with van der Waals surface area (Å²) in [6.07, 6.45) is 6.04. The van der Waals surface area contributed by atoms with E-state index in [0.717, 1.165) is 43.6 Å². The van der Waals surface area contributed by atoms with Gasteiger partial charge in [0.05, 0.1) is 29.6 Å². The van der Waals surface area contributed by atoms with Crippen LogP contribution in [0, 0.1) is 0 Å². The summed E-state index contributed by atoms with van der Waals surface area (Å²) in [4.78, 5) is 26.4. The smallest absolute Gasteiger partial charge is 0.248 e. The first-order chi connectivity index (χ1) is 15.0. The second kappa shape index (κ2) is 9.31. The zero-order valence-electron chi connectivity index (χ0n) is 17.0. The van der Waals surface area contributed by atoms with Gasteiger partial charge in [0.15, 0.2) is 11.5 Å². The quantitative estimate of drug-likeness (QED) is 0.687. The van der Waals surface area contributed by atoms with Crippen LogP contribution in [0.15, 0.2) is 36.4 Å². The number of nitrogens with one attached hydrogen (secondary N) is 1. The summed E-state index contributed by atoms with van der Waals surface area (Å²) < 4.78 is 11.3. The van der Waals surface area contributed by atoms with Crippen molar-refractivity contribution in [2.24, 2.45) is 5.73 Å². The van der Waals surface area contributed by atoms with Crippen molar-refractivity contribution in [3.05, 3.63) is 52.6 Å². The predicted molar refractivity (Wildman–Crippen MR) is 121 cm³/mol. The lowest BCUT2D eigenvalue weighted by molar-refractivity contribution is -0.111. The van der Waals surface area contributed by atoms with Crippen LogP contribution >= 0.6 is 11.6 Å². The van der Waals surface area contributed by atoms with Crippen LogP contribution in [0.3, 0.4) is 0 Å². The van der Waals surface area contributed by atoms with Gasteiger partial charge in [-0.25, -0.2) is 0 Å². The van der Waals surface area contributed by atoms with Crippen LogP contribution in [0.4, 0.5) is 11.4 Å². The second-order valence-corrected chi connectivity index (χ2v) is 7.90. The van der Waals surface area contributed by atoms with Crippen molar-refractivity contribution in [3.63, 3.8) is 0 Å². The molecule has 7 nitrogen and oxygen atoms in total. The number of nitrogens with zero attached hydrogens (tertiary/aromatic N) is 1. The van der Waals surface area contributed by atoms with Crippen molar-refractivity contribution in [1.82, 2.24) is 0 Å². The summed E-state index contributed by atoms with van der Waals surface area (Å²) in [6.45, 7) is 2.91. The molecule has 2 heterocycles. The molecule has 0 radical (unpaired) electrons. The van der Waals surface area contributed by atoms with Gasteiger partial charge in [0.25, 0.3) is 0 Å². The maximum atomic E-state index is 12.6. The van der Waals surface area contributed by atoms with Crippen molar-refractivity contribution in [3.8, 4) is 11.5 Å². The fourth-order valence-corrected chi connectivity index (χ4v) is 3.99. The van der Waals surface area contributed by atoms with Gasteiger partial charge in [-0.1, -0.05) is 11.6 Å². The van der Waals surface area contributed by atoms with Crippen LogP contribution < -0.4 is 25.4 Å². The number of benzene rings is 2. The van der Waals surface area contributed by atoms with Crippen LogP contribution in [-0.4, -0.2) is 38.1 Å². The number of carbonyl (C=O) groups excluding carboxylic acids is 2. The molecule has 0 aliphatic carbocycles. The highest BCUT2D eigenvalue weighted by atomic mass is 35.5. The number of hydrogen-bond acceptors (Lipinski definition) is 5. The van der Waals surface area contributed by atoms with Crippen molar-refractivity contribution < 1.29 is 19.1 Å². The van der Waals surface area contributed by atoms with Crippen LogP contribution in [0.1, 0.15) is 35.2 Å². The van der Waals surface area contributed by atoms with E-state index in [4.69, 9.17) is 26.8 Å². The Morgan fingerprint density at radius 2 is 1.84 bits per heavy atom. The fourth-order valence-electron chi connectivity index (χ4n) is 3.72. The number of hydrogen-bond donors (Lipinski definition) is 2. The molecule has 0 unspecified atom stereocenters. The molecule has 0 bridgehead atoms. The van der Waals surface area contributed by atoms with Gasteiger partial charge < -0.3 is 25.4 Å². The maximum absolute atomic E-state index is 12.6. The number of primary amides is 1. The molecule has 2 amide bonds. The van der Waals surface area contributed by atoms with Gasteiger partial charge in [-0.05, 0) is 54.8 Å². The van der Waals surface area contributed by atoms with Crippen molar-refractivity contribution in [1.29, 1.82) is 0 Å². The lowest BCUT2D eigenvalue weighted by Gasteiger charge is -2.21. The van der Waals surface area contributed by atoms with Crippen LogP contribution in [0.25, 0.3) is 6.08 Å². The number of amides is 2. The number of halogens is 1. The summed E-state index contributed by atoms with van der Waals surface area (Å²) >= 11 is 6.32. The first-order valence-corrected chi connectivity index (χ1v) is 10.7. The Balaban J connectivity index is 1.54. The van der Waals surface area contributed by atoms with Gasteiger partial charge in [0.2, 0.25) is 11.8 Å². The maximum Gasteiger partial charge on any atom is 0.248 e. The predicted octanol–water partition coefficient (Wildman–Crippen LogP) is 3.85. The number of rotatable bonds is 5. The molecule has 2 aromatic rings. The van der Waals surface area contributed by atoms with Crippen molar-refractivity contribution >= 4 is 40.9 Å². The monoisotopic (exact) mass is 441 g/mol. The zero-order valence-corrected chi connectivity index (χ0v) is 17.8. The Morgan fingerprint density at radius 3 is 2.61 bits per heavy atom. The molecule has 1 fully saturated rings. The molecule has 2 aliphatic rings. The summed E-state index contributed by atoms with van der Waals surface area (Å²) in [5.74, 6) is 0.223. The first-order valence-electron chi connectivity index (χ1n) is 10.3. The summed E-state index contributed by atoms with van der Waals surface area (Å²) in [6, 6.07) is 8.64. The van der Waals surface area contributed by atoms with Gasteiger partial charge in [0, 0.05) is 31.1 Å². The average molecular weight is 442 g/mol. The first kappa shape index (κ1) is 21.1. The molecule has 31 heavy (non-hydrogen) atoms. The largest absolute Gasteiger partial charge is 0.489 e. The Labute approximate surface area is 185 Å². The molecule has 2 aliphatic heterocycles. The Morgan fingerprint density at radius 1 is 1.06 bits per heavy atom. The molecule has 0 aromatic heterocycles. The van der Waals surface area contributed by atoms with E-state index in [1.807, 2.05) is 6.07 Å². The Bertz CT molecular complexity index is 1030. The molecule has 0 atom stereocenters. The molecule has 1 saturated heterocycles. The van der Waals surface area contributed by atoms with E-state index in [-0.39, 0.29) is 5.91 Å². The Kier molecular flexibility index (Phi) is 6.32. The summed E-state index contributed by atoms with van der Waals surface area (Å²) in [7, 11) is 0. The summed E-state index contributed by atoms with van der Waals surface area (Å²) in [5, 5.41) is 3.31. The zero-order chi connectivity index (χ0) is 21.8. The molecule has 3 N–H and O–H groups in total. The fraction of sp³-hybridized carbons (Fsp3) is 0.304. The lowest BCUT2D eigenvalue weighted by Crippen LogP contribution is -2.21. The van der Waals surface area contributed by atoms with E-state index >= 15 is 0 Å². The minimum atomic E-state index is -0.541.